The molecule has 114 valence electrons. The highest BCUT2D eigenvalue weighted by atomic mass is 32.2. The summed E-state index contributed by atoms with van der Waals surface area (Å²) in [6.07, 6.45) is 0.862. The number of nitrogens with zero attached hydrogens (tertiary/aromatic N) is 2. The molecule has 0 aromatic carbocycles. The van der Waals surface area contributed by atoms with Crippen LogP contribution in [-0.4, -0.2) is 21.7 Å². The molecule has 0 bridgehead atoms. The Morgan fingerprint density at radius 2 is 2.14 bits per heavy atom. The van der Waals surface area contributed by atoms with Crippen molar-refractivity contribution in [3.8, 4) is 6.07 Å². The van der Waals surface area contributed by atoms with Crippen LogP contribution in [0.25, 0.3) is 0 Å². The van der Waals surface area contributed by atoms with E-state index in [-0.39, 0.29) is 16.7 Å². The quantitative estimate of drug-likeness (QED) is 0.847. The van der Waals surface area contributed by atoms with Crippen molar-refractivity contribution in [1.82, 2.24) is 10.3 Å². The Morgan fingerprint density at radius 3 is 2.67 bits per heavy atom. The SMILES string of the molecule is CCC(C)(C)NC(=O)C(C)Sc1nc(C)cc(C)c1C#N. The highest BCUT2D eigenvalue weighted by Crippen LogP contribution is 2.27. The maximum atomic E-state index is 12.2. The van der Waals surface area contributed by atoms with Crippen molar-refractivity contribution in [2.45, 2.75) is 63.8 Å². The Bertz CT molecular complexity index is 576. The molecule has 1 rings (SSSR count). The van der Waals surface area contributed by atoms with Crippen LogP contribution in [0.2, 0.25) is 0 Å². The first-order chi connectivity index (χ1) is 9.70. The minimum Gasteiger partial charge on any atom is -0.350 e. The smallest absolute Gasteiger partial charge is 0.233 e. The van der Waals surface area contributed by atoms with E-state index in [0.29, 0.717) is 10.6 Å². The molecule has 1 heterocycles. The normalized spacial score (nSPS) is 12.6. The molecular weight excluding hydrogens is 282 g/mol. The summed E-state index contributed by atoms with van der Waals surface area (Å²) < 4.78 is 0. The number of carbonyl (C=O) groups excluding carboxylic acids is 1. The molecule has 1 unspecified atom stereocenters. The number of amides is 1. The molecule has 21 heavy (non-hydrogen) atoms. The number of pyridine rings is 1. The number of rotatable bonds is 5. The van der Waals surface area contributed by atoms with E-state index in [4.69, 9.17) is 0 Å². The van der Waals surface area contributed by atoms with Gasteiger partial charge in [0.1, 0.15) is 11.1 Å². The summed E-state index contributed by atoms with van der Waals surface area (Å²) in [6, 6.07) is 4.06. The summed E-state index contributed by atoms with van der Waals surface area (Å²) in [4.78, 5) is 16.7. The molecule has 0 radical (unpaired) electrons. The molecule has 1 aromatic rings. The van der Waals surface area contributed by atoms with Gasteiger partial charge in [0.05, 0.1) is 10.8 Å². The lowest BCUT2D eigenvalue weighted by Crippen LogP contribution is -2.46. The first-order valence-electron chi connectivity index (χ1n) is 7.07. The largest absolute Gasteiger partial charge is 0.350 e. The zero-order valence-corrected chi connectivity index (χ0v) is 14.4. The molecule has 0 aliphatic heterocycles. The Kier molecular flexibility index (Phi) is 5.79. The van der Waals surface area contributed by atoms with Crippen molar-refractivity contribution in [2.24, 2.45) is 0 Å². The summed E-state index contributed by atoms with van der Waals surface area (Å²) in [5, 5.41) is 12.6. The first-order valence-corrected chi connectivity index (χ1v) is 7.95. The van der Waals surface area contributed by atoms with Crippen molar-refractivity contribution in [3.63, 3.8) is 0 Å². The number of nitrogens with one attached hydrogen (secondary N) is 1. The Hall–Kier alpha value is -1.54. The van der Waals surface area contributed by atoms with Crippen LogP contribution in [0.15, 0.2) is 11.1 Å². The van der Waals surface area contributed by atoms with Crippen LogP contribution in [-0.2, 0) is 4.79 Å². The van der Waals surface area contributed by atoms with Gasteiger partial charge in [-0.2, -0.15) is 5.26 Å². The van der Waals surface area contributed by atoms with Gasteiger partial charge in [-0.15, -0.1) is 0 Å². The maximum absolute atomic E-state index is 12.2. The lowest BCUT2D eigenvalue weighted by atomic mass is 10.0. The zero-order valence-electron chi connectivity index (χ0n) is 13.6. The van der Waals surface area contributed by atoms with Crippen LogP contribution in [0.4, 0.5) is 0 Å². The lowest BCUT2D eigenvalue weighted by Gasteiger charge is -2.26. The number of aryl methyl sites for hydroxylation is 2. The fraction of sp³-hybridized carbons (Fsp3) is 0.562. The van der Waals surface area contributed by atoms with Gasteiger partial charge in [0.15, 0.2) is 0 Å². The summed E-state index contributed by atoms with van der Waals surface area (Å²) >= 11 is 1.34. The van der Waals surface area contributed by atoms with E-state index in [1.165, 1.54) is 11.8 Å². The minimum absolute atomic E-state index is 0.0308. The van der Waals surface area contributed by atoms with E-state index in [0.717, 1.165) is 17.7 Å². The summed E-state index contributed by atoms with van der Waals surface area (Å²) in [6.45, 7) is 11.7. The molecule has 1 amide bonds. The van der Waals surface area contributed by atoms with E-state index in [1.54, 1.807) is 0 Å². The van der Waals surface area contributed by atoms with Gasteiger partial charge in [0.2, 0.25) is 5.91 Å². The second-order valence-electron chi connectivity index (χ2n) is 5.86. The van der Waals surface area contributed by atoms with Gasteiger partial charge < -0.3 is 5.32 Å². The van der Waals surface area contributed by atoms with E-state index in [1.807, 2.05) is 47.6 Å². The summed E-state index contributed by atoms with van der Waals surface area (Å²) in [7, 11) is 0. The van der Waals surface area contributed by atoms with Crippen LogP contribution in [0.5, 0.6) is 0 Å². The van der Waals surface area contributed by atoms with Gasteiger partial charge >= 0.3 is 0 Å². The van der Waals surface area contributed by atoms with Crippen molar-refractivity contribution in [1.29, 1.82) is 5.26 Å². The van der Waals surface area contributed by atoms with E-state index in [9.17, 15) is 10.1 Å². The minimum atomic E-state index is -0.295. The molecule has 1 N–H and O–H groups in total. The number of hydrogen-bond donors (Lipinski definition) is 1. The number of aromatic nitrogens is 1. The maximum Gasteiger partial charge on any atom is 0.233 e. The van der Waals surface area contributed by atoms with Crippen LogP contribution < -0.4 is 5.32 Å². The highest BCUT2D eigenvalue weighted by Gasteiger charge is 2.24. The molecule has 0 aliphatic carbocycles. The molecule has 5 heteroatoms. The van der Waals surface area contributed by atoms with Gasteiger partial charge in [0, 0.05) is 11.2 Å². The fourth-order valence-electron chi connectivity index (χ4n) is 1.77. The third-order valence-electron chi connectivity index (χ3n) is 3.43. The topological polar surface area (TPSA) is 65.8 Å². The second-order valence-corrected chi connectivity index (χ2v) is 7.19. The molecule has 0 spiro atoms. The zero-order chi connectivity index (χ0) is 16.2. The van der Waals surface area contributed by atoms with E-state index >= 15 is 0 Å². The third kappa shape index (κ3) is 4.75. The van der Waals surface area contributed by atoms with Gasteiger partial charge in [-0.1, -0.05) is 18.7 Å². The fourth-order valence-corrected chi connectivity index (χ4v) is 2.79. The third-order valence-corrected chi connectivity index (χ3v) is 4.51. The first kappa shape index (κ1) is 17.5. The number of nitriles is 1. The summed E-state index contributed by atoms with van der Waals surface area (Å²) in [5.74, 6) is -0.0308. The lowest BCUT2D eigenvalue weighted by molar-refractivity contribution is -0.121. The van der Waals surface area contributed by atoms with Crippen LogP contribution in [0.1, 0.15) is 50.9 Å². The van der Waals surface area contributed by atoms with Gasteiger partial charge in [-0.3, -0.25) is 4.79 Å². The predicted octanol–water partition coefficient (Wildman–Crippen LogP) is 3.36. The van der Waals surface area contributed by atoms with Gasteiger partial charge in [0.25, 0.3) is 0 Å². The molecule has 1 atom stereocenters. The molecule has 4 nitrogen and oxygen atoms in total. The van der Waals surface area contributed by atoms with Crippen molar-refractivity contribution < 1.29 is 4.79 Å². The van der Waals surface area contributed by atoms with Crippen molar-refractivity contribution in [3.05, 3.63) is 22.9 Å². The van der Waals surface area contributed by atoms with Gasteiger partial charge in [-0.05, 0) is 52.7 Å². The van der Waals surface area contributed by atoms with Crippen molar-refractivity contribution in [2.75, 3.05) is 0 Å². The average molecular weight is 305 g/mol. The molecule has 0 saturated carbocycles. The average Bonchev–Trinajstić information content (AvgIpc) is 2.37. The molecule has 0 fully saturated rings. The second kappa shape index (κ2) is 6.95. The van der Waals surface area contributed by atoms with Crippen LogP contribution in [0, 0.1) is 25.2 Å². The van der Waals surface area contributed by atoms with Crippen LogP contribution >= 0.6 is 11.8 Å². The summed E-state index contributed by atoms with van der Waals surface area (Å²) in [5.41, 5.74) is 2.09. The standard InChI is InChI=1S/C16H23N3OS/c1-7-16(5,6)19-14(20)12(4)21-15-13(9-17)10(2)8-11(3)18-15/h8,12H,7H2,1-6H3,(H,19,20). The Balaban J connectivity index is 2.92. The molecule has 0 aliphatic rings. The Morgan fingerprint density at radius 1 is 1.52 bits per heavy atom. The monoisotopic (exact) mass is 305 g/mol. The molecule has 1 aromatic heterocycles. The van der Waals surface area contributed by atoms with Gasteiger partial charge in [-0.25, -0.2) is 4.98 Å². The molecule has 0 saturated heterocycles. The van der Waals surface area contributed by atoms with Crippen LogP contribution in [0.3, 0.4) is 0 Å². The number of thioether (sulfide) groups is 1. The Labute approximate surface area is 131 Å². The number of hydrogen-bond acceptors (Lipinski definition) is 4. The number of carbonyl (C=O) groups is 1. The highest BCUT2D eigenvalue weighted by molar-refractivity contribution is 8.00. The molecular formula is C16H23N3OS. The van der Waals surface area contributed by atoms with E-state index in [2.05, 4.69) is 16.4 Å². The van der Waals surface area contributed by atoms with Crippen molar-refractivity contribution >= 4 is 17.7 Å². The predicted molar refractivity (Wildman–Crippen MR) is 86.3 cm³/mol. The van der Waals surface area contributed by atoms with E-state index < -0.39 is 0 Å².